The number of rotatable bonds is 5. The molecule has 0 heterocycles. The van der Waals surface area contributed by atoms with E-state index < -0.39 is 252 Å². The Kier molecular flexibility index (Phi) is 12.2. The Labute approximate surface area is 379 Å². The molecule has 0 radical (unpaired) electrons. The third kappa shape index (κ3) is 6.74. The van der Waals surface area contributed by atoms with Crippen molar-refractivity contribution in [1.29, 1.82) is 0 Å². The van der Waals surface area contributed by atoms with E-state index in [2.05, 4.69) is 0 Å². The van der Waals surface area contributed by atoms with Gasteiger partial charge in [-0.05, 0) is 0 Å². The molecule has 29 heteroatoms. The predicted molar refractivity (Wildman–Crippen MR) is 187 cm³/mol. The van der Waals surface area contributed by atoms with Crippen molar-refractivity contribution in [2.75, 3.05) is 0 Å². The Morgan fingerprint density at radius 3 is 0.507 bits per heavy atom. The second-order valence-corrected chi connectivity index (χ2v) is 14.6. The number of fused-ring (bicyclic) bond motifs is 2. The first-order valence-corrected chi connectivity index (χ1v) is 18.3. The third-order valence-electron chi connectivity index (χ3n) is 10.9. The monoisotopic (exact) mass is 1080 g/mol. The van der Waals surface area contributed by atoms with Crippen molar-refractivity contribution in [2.24, 2.45) is 0 Å². The first-order valence-electron chi connectivity index (χ1n) is 18.3. The molecule has 8 rings (SSSR count). The summed E-state index contributed by atoms with van der Waals surface area (Å²) in [6.45, 7) is 0. The molecule has 0 aliphatic heterocycles. The number of halogens is 29. The van der Waals surface area contributed by atoms with Gasteiger partial charge in [0.2, 0.25) is 0 Å². The first kappa shape index (κ1) is 51.6. The molecule has 0 unspecified atom stereocenters. The van der Waals surface area contributed by atoms with Crippen LogP contribution in [0.3, 0.4) is 0 Å². The number of hydrogen-bond acceptors (Lipinski definition) is 0. The van der Waals surface area contributed by atoms with Crippen molar-refractivity contribution >= 4 is 21.5 Å². The van der Waals surface area contributed by atoms with Gasteiger partial charge in [0, 0.05) is 6.07 Å². The second kappa shape index (κ2) is 17.2. The van der Waals surface area contributed by atoms with Gasteiger partial charge in [-0.3, -0.25) is 0 Å². The molecule has 0 N–H and O–H groups in total. The van der Waals surface area contributed by atoms with E-state index >= 15 is 87.8 Å². The minimum Gasteiger partial charge on any atom is -0.206 e. The molecular weight excluding hydrogens is 1080 g/mol. The van der Waals surface area contributed by atoms with Gasteiger partial charge < -0.3 is 0 Å². The molecule has 0 saturated carbocycles. The van der Waals surface area contributed by atoms with Crippen LogP contribution in [0.2, 0.25) is 0 Å². The predicted octanol–water partition coefficient (Wildman–Crippen LogP) is 16.4. The van der Waals surface area contributed by atoms with E-state index in [0.29, 0.717) is 0 Å². The maximum Gasteiger partial charge on any atom is 0.198 e. The quantitative estimate of drug-likeness (QED) is 0.0915. The van der Waals surface area contributed by atoms with Crippen LogP contribution in [0.25, 0.3) is 77.2 Å². The Balaban J connectivity index is 1.32. The van der Waals surface area contributed by atoms with Crippen molar-refractivity contribution in [2.45, 2.75) is 0 Å². The molecule has 0 bridgehead atoms. The highest BCUT2D eigenvalue weighted by Gasteiger charge is 2.42. The minimum atomic E-state index is -3.54. The molecule has 0 nitrogen and oxygen atoms in total. The first-order chi connectivity index (χ1) is 33.9. The highest BCUT2D eigenvalue weighted by Crippen LogP contribution is 2.49. The third-order valence-corrected chi connectivity index (χ3v) is 10.9. The normalized spacial score (nSPS) is 11.9. The molecule has 0 atom stereocenters. The topological polar surface area (TPSA) is 0 Å². The fourth-order valence-corrected chi connectivity index (χ4v) is 7.66. The van der Waals surface area contributed by atoms with Crippen molar-refractivity contribution in [3.05, 3.63) is 175 Å². The van der Waals surface area contributed by atoms with E-state index in [1.807, 2.05) is 0 Å². The zero-order chi connectivity index (χ0) is 54.5. The smallest absolute Gasteiger partial charge is 0.198 e. The van der Waals surface area contributed by atoms with Crippen LogP contribution in [0.5, 0.6) is 0 Å². The number of benzene rings is 8. The molecule has 0 amide bonds. The van der Waals surface area contributed by atoms with E-state index in [1.165, 1.54) is 0 Å². The van der Waals surface area contributed by atoms with Gasteiger partial charge in [0.15, 0.2) is 151 Å². The Bertz CT molecular complexity index is 3780. The van der Waals surface area contributed by atoms with Crippen LogP contribution < -0.4 is 0 Å². The number of hydrogen-bond donors (Lipinski definition) is 0. The average Bonchev–Trinajstić information content (AvgIpc) is 3.34. The lowest BCUT2D eigenvalue weighted by atomic mass is 9.90. The lowest BCUT2D eigenvalue weighted by Crippen LogP contribution is -2.13. The second-order valence-electron chi connectivity index (χ2n) is 14.6. The zero-order valence-electron chi connectivity index (χ0n) is 33.0. The summed E-state index contributed by atoms with van der Waals surface area (Å²) in [5.74, 6) is -92.8. The Morgan fingerprint density at radius 1 is 0.123 bits per heavy atom. The lowest BCUT2D eigenvalue weighted by Gasteiger charge is -2.19. The van der Waals surface area contributed by atoms with Crippen LogP contribution in [0, 0.1) is 169 Å². The molecule has 0 aliphatic carbocycles. The van der Waals surface area contributed by atoms with E-state index in [4.69, 9.17) is 0 Å². The van der Waals surface area contributed by atoms with E-state index in [0.717, 1.165) is 0 Å². The van der Waals surface area contributed by atoms with Crippen molar-refractivity contribution in [3.63, 3.8) is 0 Å². The zero-order valence-corrected chi connectivity index (χ0v) is 33.0. The van der Waals surface area contributed by atoms with E-state index in [1.54, 1.807) is 0 Å². The minimum absolute atomic E-state index is 0.494. The van der Waals surface area contributed by atoms with Crippen LogP contribution in [0.15, 0.2) is 6.07 Å². The van der Waals surface area contributed by atoms with Gasteiger partial charge in [0.25, 0.3) is 0 Å². The molecule has 0 saturated heterocycles. The van der Waals surface area contributed by atoms with Crippen molar-refractivity contribution in [1.82, 2.24) is 0 Å². The molecule has 0 aromatic heterocycles. The van der Waals surface area contributed by atoms with Gasteiger partial charge >= 0.3 is 0 Å². The van der Waals surface area contributed by atoms with Crippen LogP contribution in [-0.2, 0) is 0 Å². The summed E-state index contributed by atoms with van der Waals surface area (Å²) >= 11 is 0. The SMILES string of the molecule is Fc1cc(F)c2c(F)c(F)c(-c3c(F)c(F)c(-c4c(F)c(F)c(-c5c(F)c(F)c(-c6c(F)c(F)c(-c7c(F)c(F)c8c(F)c(F)c(F)c(F)c8c7F)c(F)c6F)c(F)c5F)c(F)c4F)c(F)c3F)c(F)c2c1F. The van der Waals surface area contributed by atoms with Gasteiger partial charge in [0.1, 0.15) is 17.5 Å². The fourth-order valence-electron chi connectivity index (χ4n) is 7.66. The molecule has 0 fully saturated rings. The summed E-state index contributed by atoms with van der Waals surface area (Å²) in [6.07, 6.45) is 0. The summed E-state index contributed by atoms with van der Waals surface area (Å²) in [6, 6.07) is -0.494. The highest BCUT2D eigenvalue weighted by atomic mass is 19.2. The van der Waals surface area contributed by atoms with Crippen molar-refractivity contribution < 1.29 is 127 Å². The fraction of sp³-hybridized carbons (Fsp3) is 0. The molecule has 73 heavy (non-hydrogen) atoms. The van der Waals surface area contributed by atoms with Crippen LogP contribution >= 0.6 is 0 Å². The largest absolute Gasteiger partial charge is 0.206 e. The van der Waals surface area contributed by atoms with E-state index in [-0.39, 0.29) is 0 Å². The maximum atomic E-state index is 15.6. The molecular formula is C44HF29. The summed E-state index contributed by atoms with van der Waals surface area (Å²) in [5.41, 5.74) is -30.1. The molecule has 8 aromatic carbocycles. The Hall–Kier alpha value is -7.75. The maximum absolute atomic E-state index is 15.6. The lowest BCUT2D eigenvalue weighted by molar-refractivity contribution is 0.412. The van der Waals surface area contributed by atoms with Gasteiger partial charge in [0.05, 0.1) is 77.2 Å². The Morgan fingerprint density at radius 2 is 0.274 bits per heavy atom. The van der Waals surface area contributed by atoms with Gasteiger partial charge in [-0.15, -0.1) is 0 Å². The highest BCUT2D eigenvalue weighted by molar-refractivity contribution is 5.93. The standard InChI is InChI=1S/C44HF29/c45-2-1-3(46)18(47)5-4(2)21(50)22(51)6(19(5)48)9-24(53)29(58)12(30(59)25(9)54)14-33(62)37(66)16(38(67)34(14)63)17-39(68)35(64)15(36(65)40(17)69)13-31(60)26(55)10(27(56)32(13)61)7-20(49)8-11(28(57)23(7)52)42(71)44(73)43(72)41(8)70/h1H. The summed E-state index contributed by atoms with van der Waals surface area (Å²) in [7, 11) is 0. The summed E-state index contributed by atoms with van der Waals surface area (Å²) in [4.78, 5) is 0. The van der Waals surface area contributed by atoms with Gasteiger partial charge in [-0.25, -0.2) is 127 Å². The summed E-state index contributed by atoms with van der Waals surface area (Å²) < 4.78 is 438. The molecule has 8 aromatic rings. The van der Waals surface area contributed by atoms with Crippen molar-refractivity contribution in [3.8, 4) is 55.6 Å². The average molecular weight is 1080 g/mol. The van der Waals surface area contributed by atoms with Crippen LogP contribution in [0.1, 0.15) is 0 Å². The molecule has 380 valence electrons. The van der Waals surface area contributed by atoms with E-state index in [9.17, 15) is 39.5 Å². The van der Waals surface area contributed by atoms with Crippen LogP contribution in [0.4, 0.5) is 127 Å². The van der Waals surface area contributed by atoms with Crippen LogP contribution in [-0.4, -0.2) is 0 Å². The molecule has 0 spiro atoms. The van der Waals surface area contributed by atoms with Gasteiger partial charge in [-0.1, -0.05) is 0 Å². The van der Waals surface area contributed by atoms with Gasteiger partial charge in [-0.2, -0.15) is 0 Å². The summed E-state index contributed by atoms with van der Waals surface area (Å²) in [5, 5.41) is -9.44. The molecule has 0 aliphatic rings.